The minimum absolute atomic E-state index is 0.266. The third-order valence-corrected chi connectivity index (χ3v) is 5.62. The largest absolute Gasteiger partial charge is 0.469 e. The first-order chi connectivity index (χ1) is 14.8. The number of rotatable bonds is 3. The smallest absolute Gasteiger partial charge is 0.416 e. The number of hydrogen-bond acceptors (Lipinski definition) is 6. The predicted molar refractivity (Wildman–Crippen MR) is 108 cm³/mol. The Labute approximate surface area is 175 Å². The van der Waals surface area contributed by atoms with Crippen molar-refractivity contribution in [3.63, 3.8) is 0 Å². The second kappa shape index (κ2) is 6.95. The summed E-state index contributed by atoms with van der Waals surface area (Å²) < 4.78 is 51.3. The van der Waals surface area contributed by atoms with Crippen LogP contribution in [-0.4, -0.2) is 14.6 Å². The Morgan fingerprint density at radius 1 is 1.16 bits per heavy atom. The number of nitrogens with zero attached hydrogens (tertiary/aromatic N) is 3. The van der Waals surface area contributed by atoms with Gasteiger partial charge in [-0.3, -0.25) is 4.79 Å². The predicted octanol–water partition coefficient (Wildman–Crippen LogP) is 4.55. The fourth-order valence-corrected chi connectivity index (χ4v) is 4.02. The highest BCUT2D eigenvalue weighted by atomic mass is 32.1. The van der Waals surface area contributed by atoms with E-state index in [0.717, 1.165) is 23.5 Å². The first-order valence-electron chi connectivity index (χ1n) is 9.03. The number of benzene rings is 1. The number of aryl methyl sites for hydroxylation is 1. The quantitative estimate of drug-likeness (QED) is 0.409. The second-order valence-electron chi connectivity index (χ2n) is 6.72. The second-order valence-corrected chi connectivity index (χ2v) is 7.73. The Hall–Kier alpha value is -3.66. The first kappa shape index (κ1) is 19.3. The van der Waals surface area contributed by atoms with Gasteiger partial charge in [0, 0.05) is 11.6 Å². The van der Waals surface area contributed by atoms with Crippen LogP contribution in [0.4, 0.5) is 13.2 Å². The summed E-state index contributed by atoms with van der Waals surface area (Å²) in [6.07, 6.45) is -1.40. The van der Waals surface area contributed by atoms with Crippen LogP contribution in [0.2, 0.25) is 0 Å². The number of thiazole rings is 1. The highest BCUT2D eigenvalue weighted by Gasteiger charge is 2.30. The van der Waals surface area contributed by atoms with Gasteiger partial charge in [0.15, 0.2) is 5.82 Å². The molecule has 0 amide bonds. The van der Waals surface area contributed by atoms with E-state index in [1.54, 1.807) is 25.1 Å². The van der Waals surface area contributed by atoms with Gasteiger partial charge in [-0.2, -0.15) is 22.7 Å². The average molecular weight is 443 g/mol. The molecule has 0 spiro atoms. The first-order valence-corrected chi connectivity index (χ1v) is 9.84. The molecule has 0 saturated carbocycles. The zero-order valence-electron chi connectivity index (χ0n) is 15.8. The van der Waals surface area contributed by atoms with E-state index in [2.05, 4.69) is 10.1 Å². The van der Waals surface area contributed by atoms with Crippen molar-refractivity contribution in [2.24, 2.45) is 0 Å². The van der Waals surface area contributed by atoms with Gasteiger partial charge in [-0.05, 0) is 37.3 Å². The van der Waals surface area contributed by atoms with Crippen molar-refractivity contribution in [2.45, 2.75) is 13.1 Å². The third-order valence-electron chi connectivity index (χ3n) is 4.66. The number of aromatic nitrogens is 3. The van der Waals surface area contributed by atoms with E-state index in [4.69, 9.17) is 8.83 Å². The summed E-state index contributed by atoms with van der Waals surface area (Å²) in [5.74, 6) is 1.64. The van der Waals surface area contributed by atoms with E-state index >= 15 is 0 Å². The number of alkyl halides is 3. The molecule has 0 bridgehead atoms. The zero-order chi connectivity index (χ0) is 21.8. The van der Waals surface area contributed by atoms with Crippen molar-refractivity contribution in [1.29, 1.82) is 0 Å². The van der Waals surface area contributed by atoms with Crippen LogP contribution in [0, 0.1) is 6.92 Å². The van der Waals surface area contributed by atoms with Crippen LogP contribution in [-0.2, 0) is 6.18 Å². The molecule has 1 aromatic carbocycles. The summed E-state index contributed by atoms with van der Waals surface area (Å²) in [6.45, 7) is 1.78. The summed E-state index contributed by atoms with van der Waals surface area (Å²) in [5, 5.41) is 4.25. The molecule has 0 fully saturated rings. The minimum atomic E-state index is -4.44. The standard InChI is InChI=1S/C21H12F3N3O3S/c1-11-15(7-8-29-11)18-25-20-27(26-18)19(28)17(31-20)10-14-5-6-16(30-14)12-3-2-4-13(9-12)21(22,23)24/h2-10H,1H3/b17-10+. The Morgan fingerprint density at radius 3 is 2.71 bits per heavy atom. The van der Waals surface area contributed by atoms with E-state index in [-0.39, 0.29) is 11.3 Å². The number of halogens is 3. The van der Waals surface area contributed by atoms with Gasteiger partial charge >= 0.3 is 6.18 Å². The molecule has 0 radical (unpaired) electrons. The summed E-state index contributed by atoms with van der Waals surface area (Å²) in [4.78, 5) is 17.5. The third kappa shape index (κ3) is 3.44. The van der Waals surface area contributed by atoms with Gasteiger partial charge in [-0.1, -0.05) is 23.5 Å². The van der Waals surface area contributed by atoms with Gasteiger partial charge in [0.2, 0.25) is 4.96 Å². The Morgan fingerprint density at radius 2 is 2.00 bits per heavy atom. The van der Waals surface area contributed by atoms with Crippen LogP contribution < -0.4 is 10.1 Å². The molecule has 156 valence electrons. The van der Waals surface area contributed by atoms with Gasteiger partial charge in [0.25, 0.3) is 5.56 Å². The van der Waals surface area contributed by atoms with Crippen molar-refractivity contribution < 1.29 is 22.0 Å². The molecule has 0 unspecified atom stereocenters. The molecule has 0 saturated heterocycles. The molecule has 0 aliphatic rings. The van der Waals surface area contributed by atoms with Crippen molar-refractivity contribution in [3.8, 4) is 22.7 Å². The van der Waals surface area contributed by atoms with Crippen molar-refractivity contribution in [1.82, 2.24) is 14.6 Å². The molecule has 0 N–H and O–H groups in total. The molecule has 10 heteroatoms. The summed E-state index contributed by atoms with van der Waals surface area (Å²) in [6, 6.07) is 9.73. The Balaban J connectivity index is 1.50. The van der Waals surface area contributed by atoms with Crippen LogP contribution >= 0.6 is 11.3 Å². The van der Waals surface area contributed by atoms with E-state index in [1.165, 1.54) is 29.0 Å². The topological polar surface area (TPSA) is 73.5 Å². The molecular weight excluding hydrogens is 431 g/mol. The molecule has 0 atom stereocenters. The maximum atomic E-state index is 12.9. The lowest BCUT2D eigenvalue weighted by Crippen LogP contribution is -2.23. The van der Waals surface area contributed by atoms with Crippen LogP contribution in [0.25, 0.3) is 33.7 Å². The van der Waals surface area contributed by atoms with Crippen LogP contribution in [0.5, 0.6) is 0 Å². The zero-order valence-corrected chi connectivity index (χ0v) is 16.6. The van der Waals surface area contributed by atoms with Gasteiger partial charge in [-0.25, -0.2) is 0 Å². The molecule has 5 aromatic rings. The highest BCUT2D eigenvalue weighted by Crippen LogP contribution is 2.32. The SMILES string of the molecule is Cc1occc1-c1nc2s/c(=C/c3ccc(-c4cccc(C(F)(F)F)c4)o3)c(=O)n2n1. The van der Waals surface area contributed by atoms with Crippen molar-refractivity contribution >= 4 is 22.4 Å². The maximum Gasteiger partial charge on any atom is 0.416 e. The lowest BCUT2D eigenvalue weighted by atomic mass is 10.1. The van der Waals surface area contributed by atoms with Crippen molar-refractivity contribution in [3.05, 3.63) is 80.7 Å². The number of fused-ring (bicyclic) bond motifs is 1. The monoisotopic (exact) mass is 443 g/mol. The molecule has 5 rings (SSSR count). The van der Waals surface area contributed by atoms with Crippen LogP contribution in [0.3, 0.4) is 0 Å². The fraction of sp³-hybridized carbons (Fsp3) is 0.0952. The van der Waals surface area contributed by atoms with Crippen LogP contribution in [0.1, 0.15) is 17.1 Å². The highest BCUT2D eigenvalue weighted by molar-refractivity contribution is 7.15. The molecule has 4 heterocycles. The van der Waals surface area contributed by atoms with Gasteiger partial charge < -0.3 is 8.83 Å². The van der Waals surface area contributed by atoms with E-state index in [9.17, 15) is 18.0 Å². The van der Waals surface area contributed by atoms with Gasteiger partial charge in [-0.15, -0.1) is 5.10 Å². The van der Waals surface area contributed by atoms with E-state index < -0.39 is 11.7 Å². The lowest BCUT2D eigenvalue weighted by Gasteiger charge is -2.07. The van der Waals surface area contributed by atoms with Crippen molar-refractivity contribution in [2.75, 3.05) is 0 Å². The normalized spacial score (nSPS) is 12.8. The van der Waals surface area contributed by atoms with Gasteiger partial charge in [0.05, 0.1) is 17.4 Å². The number of hydrogen-bond donors (Lipinski definition) is 0. The molecule has 0 aliphatic carbocycles. The van der Waals surface area contributed by atoms with Crippen LogP contribution in [0.15, 0.2) is 62.4 Å². The summed E-state index contributed by atoms with van der Waals surface area (Å²) >= 11 is 1.14. The minimum Gasteiger partial charge on any atom is -0.469 e. The molecule has 31 heavy (non-hydrogen) atoms. The summed E-state index contributed by atoms with van der Waals surface area (Å²) in [7, 11) is 0. The van der Waals surface area contributed by atoms with Gasteiger partial charge in [0.1, 0.15) is 21.8 Å². The number of furan rings is 2. The molecule has 0 aliphatic heterocycles. The fourth-order valence-electron chi connectivity index (χ4n) is 3.13. The lowest BCUT2D eigenvalue weighted by molar-refractivity contribution is -0.137. The Bertz CT molecular complexity index is 1520. The van der Waals surface area contributed by atoms with E-state index in [0.29, 0.717) is 38.0 Å². The summed E-state index contributed by atoms with van der Waals surface area (Å²) in [5.41, 5.74) is -0.128. The Kier molecular flexibility index (Phi) is 4.33. The van der Waals surface area contributed by atoms with E-state index in [1.807, 2.05) is 0 Å². The maximum absolute atomic E-state index is 12.9. The molecule has 6 nitrogen and oxygen atoms in total. The average Bonchev–Trinajstić information content (AvgIpc) is 3.49. The molecule has 4 aromatic heterocycles. The molecular formula is C21H12F3N3O3S.